The van der Waals surface area contributed by atoms with Crippen LogP contribution in [0.3, 0.4) is 0 Å². The van der Waals surface area contributed by atoms with Crippen molar-refractivity contribution in [1.29, 1.82) is 0 Å². The number of para-hydroxylation sites is 1. The Hall–Kier alpha value is -1.69. The van der Waals surface area contributed by atoms with Gasteiger partial charge in [-0.3, -0.25) is 0 Å². The predicted molar refractivity (Wildman–Crippen MR) is 102 cm³/mol. The number of halogens is 1. The second-order valence-electron chi connectivity index (χ2n) is 5.09. The van der Waals surface area contributed by atoms with Crippen LogP contribution in [0, 0.1) is 6.92 Å². The van der Waals surface area contributed by atoms with E-state index in [-0.39, 0.29) is 23.6 Å². The molecule has 0 fully saturated rings. The van der Waals surface area contributed by atoms with Crippen molar-refractivity contribution in [3.63, 3.8) is 0 Å². The number of aliphatic hydroxyl groups is 1. The lowest BCUT2D eigenvalue weighted by Crippen LogP contribution is -2.17. The van der Waals surface area contributed by atoms with Crippen LogP contribution in [0.15, 0.2) is 65.0 Å². The summed E-state index contributed by atoms with van der Waals surface area (Å²) in [6.07, 6.45) is 0. The van der Waals surface area contributed by atoms with Gasteiger partial charge in [-0.15, -0.1) is 28.3 Å². The molecular formula is C18H19BrN2OS. The van der Waals surface area contributed by atoms with Crippen molar-refractivity contribution in [2.45, 2.75) is 13.5 Å². The summed E-state index contributed by atoms with van der Waals surface area (Å²) in [5.41, 5.74) is 4.40. The van der Waals surface area contributed by atoms with E-state index in [2.05, 4.69) is 41.1 Å². The molecule has 0 aliphatic heterocycles. The predicted octanol–water partition coefficient (Wildman–Crippen LogP) is 4.33. The summed E-state index contributed by atoms with van der Waals surface area (Å²) in [5.74, 6) is 0. The first kappa shape index (κ1) is 17.7. The highest BCUT2D eigenvalue weighted by Crippen LogP contribution is 2.21. The van der Waals surface area contributed by atoms with Gasteiger partial charge in [-0.2, -0.15) is 0 Å². The summed E-state index contributed by atoms with van der Waals surface area (Å²) in [6.45, 7) is 2.71. The third-order valence-corrected chi connectivity index (χ3v) is 4.31. The number of rotatable bonds is 4. The molecule has 0 radical (unpaired) electrons. The maximum absolute atomic E-state index is 9.39. The van der Waals surface area contributed by atoms with E-state index in [0.717, 1.165) is 21.7 Å². The first-order valence-corrected chi connectivity index (χ1v) is 8.12. The molecule has 1 N–H and O–H groups in total. The van der Waals surface area contributed by atoms with E-state index >= 15 is 0 Å². The van der Waals surface area contributed by atoms with Gasteiger partial charge in [-0.25, -0.2) is 4.99 Å². The molecule has 1 aromatic heterocycles. The number of aromatic nitrogens is 1. The van der Waals surface area contributed by atoms with Gasteiger partial charge in [0, 0.05) is 11.9 Å². The van der Waals surface area contributed by atoms with Gasteiger partial charge in [0.05, 0.1) is 18.0 Å². The Morgan fingerprint density at radius 3 is 2.39 bits per heavy atom. The molecule has 3 aromatic rings. The summed E-state index contributed by atoms with van der Waals surface area (Å²) in [6, 6.07) is 18.3. The van der Waals surface area contributed by atoms with Crippen LogP contribution in [0.1, 0.15) is 5.56 Å². The molecule has 2 aromatic carbocycles. The van der Waals surface area contributed by atoms with Crippen LogP contribution in [-0.4, -0.2) is 16.3 Å². The Morgan fingerprint density at radius 2 is 1.74 bits per heavy atom. The summed E-state index contributed by atoms with van der Waals surface area (Å²) in [7, 11) is 0. The Balaban J connectivity index is 0.00000192. The average molecular weight is 391 g/mol. The molecule has 0 saturated heterocycles. The Morgan fingerprint density at radius 1 is 1.04 bits per heavy atom. The van der Waals surface area contributed by atoms with Crippen LogP contribution in [0.5, 0.6) is 0 Å². The Labute approximate surface area is 150 Å². The number of hydrogen-bond donors (Lipinski definition) is 1. The first-order valence-electron chi connectivity index (χ1n) is 7.24. The van der Waals surface area contributed by atoms with Crippen molar-refractivity contribution in [3.8, 4) is 11.3 Å². The lowest BCUT2D eigenvalue weighted by atomic mass is 10.1. The summed E-state index contributed by atoms with van der Waals surface area (Å²) in [4.78, 5) is 5.59. The highest BCUT2D eigenvalue weighted by Gasteiger charge is 2.07. The zero-order valence-electron chi connectivity index (χ0n) is 12.8. The molecule has 0 amide bonds. The monoisotopic (exact) mass is 390 g/mol. The topological polar surface area (TPSA) is 37.5 Å². The maximum atomic E-state index is 9.39. The number of nitrogens with zero attached hydrogens (tertiary/aromatic N) is 2. The second-order valence-corrected chi connectivity index (χ2v) is 5.93. The number of benzene rings is 2. The fraction of sp³-hybridized carbons (Fsp3) is 0.167. The number of hydrogen-bond acceptors (Lipinski definition) is 3. The molecular weight excluding hydrogens is 372 g/mol. The normalized spacial score (nSPS) is 11.3. The molecule has 0 unspecified atom stereocenters. The van der Waals surface area contributed by atoms with Gasteiger partial charge in [0.2, 0.25) is 0 Å². The third-order valence-electron chi connectivity index (χ3n) is 3.45. The summed E-state index contributed by atoms with van der Waals surface area (Å²) in [5, 5.41) is 11.5. The minimum absolute atomic E-state index is 0. The van der Waals surface area contributed by atoms with Gasteiger partial charge < -0.3 is 9.67 Å². The maximum Gasteiger partial charge on any atom is 0.190 e. The molecule has 0 aliphatic carbocycles. The van der Waals surface area contributed by atoms with Crippen molar-refractivity contribution in [2.75, 3.05) is 6.61 Å². The van der Waals surface area contributed by atoms with Crippen molar-refractivity contribution < 1.29 is 5.11 Å². The molecule has 3 rings (SSSR count). The van der Waals surface area contributed by atoms with Crippen molar-refractivity contribution in [2.24, 2.45) is 4.99 Å². The average Bonchev–Trinajstić information content (AvgIpc) is 2.92. The quantitative estimate of drug-likeness (QED) is 0.707. The highest BCUT2D eigenvalue weighted by molar-refractivity contribution is 8.93. The van der Waals surface area contributed by atoms with Crippen LogP contribution < -0.4 is 4.80 Å². The van der Waals surface area contributed by atoms with E-state index in [1.54, 1.807) is 11.3 Å². The highest BCUT2D eigenvalue weighted by atomic mass is 79.9. The fourth-order valence-electron chi connectivity index (χ4n) is 2.30. The summed E-state index contributed by atoms with van der Waals surface area (Å²) < 4.78 is 2.07. The van der Waals surface area contributed by atoms with E-state index in [4.69, 9.17) is 4.99 Å². The van der Waals surface area contributed by atoms with Crippen LogP contribution in [0.2, 0.25) is 0 Å². The van der Waals surface area contributed by atoms with Gasteiger partial charge >= 0.3 is 0 Å². The van der Waals surface area contributed by atoms with E-state index in [1.165, 1.54) is 5.56 Å². The number of thiazole rings is 1. The molecule has 0 bridgehead atoms. The molecule has 3 nitrogen and oxygen atoms in total. The number of aliphatic hydroxyl groups excluding tert-OH is 1. The van der Waals surface area contributed by atoms with Gasteiger partial charge in [0.1, 0.15) is 0 Å². The van der Waals surface area contributed by atoms with E-state index < -0.39 is 0 Å². The smallest absolute Gasteiger partial charge is 0.190 e. The Bertz CT molecular complexity index is 807. The minimum atomic E-state index is 0. The zero-order chi connectivity index (χ0) is 15.4. The minimum Gasteiger partial charge on any atom is -0.395 e. The standard InChI is InChI=1S/C18H18N2OS.BrH/c1-14-7-9-15(10-8-14)17-13-22-18(20(17)11-12-21)19-16-5-3-2-4-6-16;/h2-10,13,21H,11-12H2,1H3;1H. The molecule has 120 valence electrons. The molecule has 0 aliphatic rings. The molecule has 0 spiro atoms. The lowest BCUT2D eigenvalue weighted by molar-refractivity contribution is 0.275. The van der Waals surface area contributed by atoms with Crippen molar-refractivity contribution in [1.82, 2.24) is 4.57 Å². The number of aryl methyl sites for hydroxylation is 1. The third kappa shape index (κ3) is 4.19. The van der Waals surface area contributed by atoms with E-state index in [1.807, 2.05) is 30.3 Å². The van der Waals surface area contributed by atoms with Crippen molar-refractivity contribution in [3.05, 3.63) is 70.3 Å². The van der Waals surface area contributed by atoms with Gasteiger partial charge in [-0.05, 0) is 24.6 Å². The van der Waals surface area contributed by atoms with Crippen LogP contribution in [0.4, 0.5) is 5.69 Å². The molecule has 0 saturated carbocycles. The molecule has 5 heteroatoms. The fourth-order valence-corrected chi connectivity index (χ4v) is 3.26. The van der Waals surface area contributed by atoms with Gasteiger partial charge in [0.25, 0.3) is 0 Å². The summed E-state index contributed by atoms with van der Waals surface area (Å²) >= 11 is 1.60. The molecule has 0 atom stereocenters. The van der Waals surface area contributed by atoms with Crippen LogP contribution >= 0.6 is 28.3 Å². The van der Waals surface area contributed by atoms with Crippen LogP contribution in [0.25, 0.3) is 11.3 Å². The molecule has 1 heterocycles. The van der Waals surface area contributed by atoms with Gasteiger partial charge in [-0.1, -0.05) is 48.0 Å². The Kier molecular flexibility index (Phi) is 6.33. The molecule has 23 heavy (non-hydrogen) atoms. The van der Waals surface area contributed by atoms with Gasteiger partial charge in [0.15, 0.2) is 4.80 Å². The van der Waals surface area contributed by atoms with E-state index in [9.17, 15) is 5.11 Å². The second kappa shape index (κ2) is 8.24. The lowest BCUT2D eigenvalue weighted by Gasteiger charge is -2.07. The van der Waals surface area contributed by atoms with Crippen LogP contribution in [-0.2, 0) is 6.54 Å². The largest absolute Gasteiger partial charge is 0.395 e. The van der Waals surface area contributed by atoms with Crippen molar-refractivity contribution >= 4 is 34.0 Å². The SMILES string of the molecule is Br.Cc1ccc(-c2csc(=Nc3ccccc3)n2CCO)cc1. The zero-order valence-corrected chi connectivity index (χ0v) is 15.4. The van der Waals surface area contributed by atoms with E-state index in [0.29, 0.717) is 6.54 Å². The first-order chi connectivity index (χ1) is 10.8.